The lowest BCUT2D eigenvalue weighted by molar-refractivity contribution is 0.0736. The average Bonchev–Trinajstić information content (AvgIpc) is 3.37. The molecule has 0 saturated carbocycles. The number of hydrazone groups is 1. The Hall–Kier alpha value is -4.77. The van der Waals surface area contributed by atoms with Gasteiger partial charge in [0.05, 0.1) is 18.7 Å². The minimum Gasteiger partial charge on any atom is -0.361 e. The number of nitrogens with one attached hydrogen (secondary N) is 1. The molecule has 1 N–H and O–H groups in total. The molecule has 0 fully saturated rings. The van der Waals surface area contributed by atoms with Crippen molar-refractivity contribution in [2.24, 2.45) is 5.10 Å². The number of hydrogen-bond acceptors (Lipinski definition) is 3. The molecule has 0 saturated heterocycles. The fraction of sp³-hybridized carbons (Fsp3) is 0.0645. The van der Waals surface area contributed by atoms with Crippen LogP contribution in [0.1, 0.15) is 37.8 Å². The minimum absolute atomic E-state index is 0.0602. The van der Waals surface area contributed by atoms with Gasteiger partial charge in [0.1, 0.15) is 0 Å². The molecule has 1 unspecified atom stereocenters. The number of Topliss-reactive ketones (excluding diaryl/α,β-unsaturated/α-hetero) is 1. The summed E-state index contributed by atoms with van der Waals surface area (Å²) in [5.41, 5.74) is 3.79. The monoisotopic (exact) mass is 471 g/mol. The molecule has 1 amide bonds. The summed E-state index contributed by atoms with van der Waals surface area (Å²) in [7, 11) is 0. The highest BCUT2D eigenvalue weighted by Gasteiger charge is 2.27. The third-order valence-electron chi connectivity index (χ3n) is 6.14. The van der Waals surface area contributed by atoms with E-state index in [-0.39, 0.29) is 18.2 Å². The SMILES string of the molecule is O=C(c1ccccc1)C(CN(N=Cc1c[nH]c2ccccc12)C(=O)c1ccccc1)c1ccccc1. The maximum absolute atomic E-state index is 13.7. The van der Waals surface area contributed by atoms with Crippen molar-refractivity contribution >= 4 is 28.8 Å². The third-order valence-corrected chi connectivity index (χ3v) is 6.14. The summed E-state index contributed by atoms with van der Waals surface area (Å²) in [4.78, 5) is 30.5. The molecular formula is C31H25N3O2. The predicted octanol–water partition coefficient (Wildman–Crippen LogP) is 6.31. The average molecular weight is 472 g/mol. The first kappa shape index (κ1) is 23.0. The van der Waals surface area contributed by atoms with Gasteiger partial charge in [-0.05, 0) is 23.8 Å². The van der Waals surface area contributed by atoms with Crippen LogP contribution in [0.3, 0.4) is 0 Å². The Morgan fingerprint density at radius 3 is 2.03 bits per heavy atom. The maximum atomic E-state index is 13.7. The Balaban J connectivity index is 1.53. The Labute approximate surface area is 209 Å². The highest BCUT2D eigenvalue weighted by atomic mass is 16.2. The molecule has 176 valence electrons. The highest BCUT2D eigenvalue weighted by Crippen LogP contribution is 2.24. The fourth-order valence-corrected chi connectivity index (χ4v) is 4.25. The van der Waals surface area contributed by atoms with Gasteiger partial charge in [0.25, 0.3) is 5.91 Å². The van der Waals surface area contributed by atoms with Crippen LogP contribution in [0.4, 0.5) is 0 Å². The van der Waals surface area contributed by atoms with Crippen LogP contribution in [0, 0.1) is 0 Å². The fourth-order valence-electron chi connectivity index (χ4n) is 4.25. The molecule has 0 spiro atoms. The smallest absolute Gasteiger partial charge is 0.273 e. The van der Waals surface area contributed by atoms with Crippen molar-refractivity contribution in [1.82, 2.24) is 9.99 Å². The molecule has 5 aromatic rings. The van der Waals surface area contributed by atoms with Crippen LogP contribution in [-0.4, -0.2) is 34.4 Å². The lowest BCUT2D eigenvalue weighted by atomic mass is 9.90. The van der Waals surface area contributed by atoms with Gasteiger partial charge in [0.15, 0.2) is 5.78 Å². The number of H-pyrrole nitrogens is 1. The molecule has 1 heterocycles. The molecule has 4 aromatic carbocycles. The molecule has 0 aliphatic heterocycles. The summed E-state index contributed by atoms with van der Waals surface area (Å²) in [6, 6.07) is 35.7. The summed E-state index contributed by atoms with van der Waals surface area (Å²) in [6.07, 6.45) is 3.54. The van der Waals surface area contributed by atoms with Crippen molar-refractivity contribution in [1.29, 1.82) is 0 Å². The first-order valence-corrected chi connectivity index (χ1v) is 11.8. The van der Waals surface area contributed by atoms with Crippen molar-refractivity contribution in [3.63, 3.8) is 0 Å². The maximum Gasteiger partial charge on any atom is 0.273 e. The van der Waals surface area contributed by atoms with E-state index in [0.717, 1.165) is 22.0 Å². The van der Waals surface area contributed by atoms with Gasteiger partial charge < -0.3 is 4.98 Å². The Bertz CT molecular complexity index is 1490. The van der Waals surface area contributed by atoms with Crippen LogP contribution in [0.5, 0.6) is 0 Å². The van der Waals surface area contributed by atoms with E-state index in [2.05, 4.69) is 10.1 Å². The van der Waals surface area contributed by atoms with Gasteiger partial charge in [-0.1, -0.05) is 97.1 Å². The highest BCUT2D eigenvalue weighted by molar-refractivity contribution is 6.03. The predicted molar refractivity (Wildman–Crippen MR) is 143 cm³/mol. The Kier molecular flexibility index (Phi) is 6.81. The molecule has 1 atom stereocenters. The molecule has 0 aliphatic carbocycles. The van der Waals surface area contributed by atoms with E-state index < -0.39 is 5.92 Å². The molecule has 5 heteroatoms. The largest absolute Gasteiger partial charge is 0.361 e. The second-order valence-corrected chi connectivity index (χ2v) is 8.48. The molecule has 5 rings (SSSR count). The Morgan fingerprint density at radius 2 is 1.33 bits per heavy atom. The van der Waals surface area contributed by atoms with E-state index in [1.807, 2.05) is 97.2 Å². The van der Waals surface area contributed by atoms with Crippen molar-refractivity contribution in [3.05, 3.63) is 144 Å². The van der Waals surface area contributed by atoms with Crippen molar-refractivity contribution in [2.45, 2.75) is 5.92 Å². The van der Waals surface area contributed by atoms with Gasteiger partial charge in [-0.25, -0.2) is 5.01 Å². The van der Waals surface area contributed by atoms with Crippen molar-refractivity contribution in [3.8, 4) is 0 Å². The first-order chi connectivity index (χ1) is 17.7. The molecule has 0 aliphatic rings. The third kappa shape index (κ3) is 5.00. The number of rotatable bonds is 8. The second-order valence-electron chi connectivity index (χ2n) is 8.48. The molecule has 0 radical (unpaired) electrons. The van der Waals surface area contributed by atoms with Crippen LogP contribution in [0.2, 0.25) is 0 Å². The van der Waals surface area contributed by atoms with Gasteiger partial charge in [-0.15, -0.1) is 0 Å². The number of nitrogens with zero attached hydrogens (tertiary/aromatic N) is 2. The van der Waals surface area contributed by atoms with Crippen LogP contribution in [0.15, 0.2) is 127 Å². The Morgan fingerprint density at radius 1 is 0.750 bits per heavy atom. The summed E-state index contributed by atoms with van der Waals surface area (Å²) in [5, 5.41) is 7.03. The molecule has 0 bridgehead atoms. The standard InChI is InChI=1S/C31H25N3O2/c35-30(24-14-6-2-7-15-24)28(23-12-4-1-5-13-23)22-34(31(36)25-16-8-3-9-17-25)33-21-26-20-32-29-19-11-10-18-27(26)29/h1-21,28,32H,22H2. The number of benzene rings is 4. The lowest BCUT2D eigenvalue weighted by Crippen LogP contribution is -2.33. The quantitative estimate of drug-likeness (QED) is 0.164. The van der Waals surface area contributed by atoms with Crippen LogP contribution in [0.25, 0.3) is 10.9 Å². The van der Waals surface area contributed by atoms with Gasteiger partial charge in [0.2, 0.25) is 0 Å². The summed E-state index contributed by atoms with van der Waals surface area (Å²) in [5.74, 6) is -0.912. The molecule has 36 heavy (non-hydrogen) atoms. The van der Waals surface area contributed by atoms with Crippen LogP contribution >= 0.6 is 0 Å². The minimum atomic E-state index is -0.582. The molecule has 5 nitrogen and oxygen atoms in total. The number of amides is 1. The van der Waals surface area contributed by atoms with E-state index in [4.69, 9.17) is 0 Å². The number of carbonyl (C=O) groups excluding carboxylic acids is 2. The number of fused-ring (bicyclic) bond motifs is 1. The van der Waals surface area contributed by atoms with Crippen molar-refractivity contribution < 1.29 is 9.59 Å². The number of aromatic nitrogens is 1. The normalized spacial score (nSPS) is 12.0. The summed E-state index contributed by atoms with van der Waals surface area (Å²) < 4.78 is 0. The first-order valence-electron chi connectivity index (χ1n) is 11.8. The zero-order chi connectivity index (χ0) is 24.7. The lowest BCUT2D eigenvalue weighted by Gasteiger charge is -2.24. The van der Waals surface area contributed by atoms with E-state index in [0.29, 0.717) is 11.1 Å². The zero-order valence-corrected chi connectivity index (χ0v) is 19.6. The number of aromatic amines is 1. The van der Waals surface area contributed by atoms with E-state index in [9.17, 15) is 9.59 Å². The number of carbonyl (C=O) groups is 2. The number of hydrogen-bond donors (Lipinski definition) is 1. The zero-order valence-electron chi connectivity index (χ0n) is 19.6. The van der Waals surface area contributed by atoms with Gasteiger partial charge >= 0.3 is 0 Å². The van der Waals surface area contributed by atoms with E-state index in [1.165, 1.54) is 5.01 Å². The number of ketones is 1. The van der Waals surface area contributed by atoms with E-state index in [1.54, 1.807) is 30.5 Å². The van der Waals surface area contributed by atoms with Crippen LogP contribution < -0.4 is 0 Å². The summed E-state index contributed by atoms with van der Waals surface area (Å²) >= 11 is 0. The van der Waals surface area contributed by atoms with Gasteiger partial charge in [-0.2, -0.15) is 5.10 Å². The number of para-hydroxylation sites is 1. The topological polar surface area (TPSA) is 65.5 Å². The molecular weight excluding hydrogens is 446 g/mol. The summed E-state index contributed by atoms with van der Waals surface area (Å²) in [6.45, 7) is 0.102. The molecule has 1 aromatic heterocycles. The van der Waals surface area contributed by atoms with Gasteiger partial charge in [0, 0.05) is 33.8 Å². The van der Waals surface area contributed by atoms with Crippen molar-refractivity contribution in [2.75, 3.05) is 6.54 Å². The van der Waals surface area contributed by atoms with Crippen LogP contribution in [-0.2, 0) is 0 Å². The van der Waals surface area contributed by atoms with Gasteiger partial charge in [-0.3, -0.25) is 9.59 Å². The van der Waals surface area contributed by atoms with E-state index >= 15 is 0 Å². The second kappa shape index (κ2) is 10.7.